The van der Waals surface area contributed by atoms with Crippen LogP contribution in [0.2, 0.25) is 0 Å². The van der Waals surface area contributed by atoms with Crippen LogP contribution in [0.25, 0.3) is 0 Å². The molecule has 1 fully saturated rings. The van der Waals surface area contributed by atoms with E-state index in [9.17, 15) is 4.79 Å². The van der Waals surface area contributed by atoms with E-state index < -0.39 is 0 Å². The van der Waals surface area contributed by atoms with Crippen molar-refractivity contribution in [1.29, 1.82) is 0 Å². The average Bonchev–Trinajstić information content (AvgIpc) is 2.53. The van der Waals surface area contributed by atoms with E-state index in [1.54, 1.807) is 12.2 Å². The molecular weight excluding hydrogens is 298 g/mol. The van der Waals surface area contributed by atoms with E-state index in [1.807, 2.05) is 13.0 Å². The Balaban J connectivity index is 0.00000163. The number of esters is 1. The van der Waals surface area contributed by atoms with Crippen molar-refractivity contribution in [3.63, 3.8) is 0 Å². The van der Waals surface area contributed by atoms with Gasteiger partial charge in [-0.3, -0.25) is 4.79 Å². The van der Waals surface area contributed by atoms with Gasteiger partial charge in [-0.1, -0.05) is 71.9 Å². The maximum absolute atomic E-state index is 12.2. The number of carbonyl (C=O) groups excluding carboxylic acids is 1. The van der Waals surface area contributed by atoms with E-state index in [0.717, 1.165) is 31.4 Å². The second-order valence-corrected chi connectivity index (χ2v) is 6.51. The van der Waals surface area contributed by atoms with Gasteiger partial charge in [0.25, 0.3) is 0 Å². The van der Waals surface area contributed by atoms with Crippen LogP contribution >= 0.6 is 0 Å². The van der Waals surface area contributed by atoms with E-state index >= 15 is 0 Å². The lowest BCUT2D eigenvalue weighted by Gasteiger charge is -2.27. The molecule has 0 aliphatic heterocycles. The molecule has 3 heteroatoms. The van der Waals surface area contributed by atoms with Crippen LogP contribution in [0.5, 0.6) is 0 Å². The number of nitrogens with one attached hydrogen (secondary N) is 1. The van der Waals surface area contributed by atoms with Gasteiger partial charge in [0.1, 0.15) is 6.10 Å². The number of hydrogen-bond donors (Lipinski definition) is 1. The molecule has 138 valence electrons. The zero-order chi connectivity index (χ0) is 18.4. The Morgan fingerprint density at radius 3 is 2.46 bits per heavy atom. The van der Waals surface area contributed by atoms with Gasteiger partial charge in [-0.2, -0.15) is 0 Å². The first-order chi connectivity index (χ1) is 11.5. The van der Waals surface area contributed by atoms with Crippen molar-refractivity contribution in [2.45, 2.75) is 78.4 Å². The van der Waals surface area contributed by atoms with E-state index in [4.69, 9.17) is 4.74 Å². The smallest absolute Gasteiger partial charge is 0.307 e. The summed E-state index contributed by atoms with van der Waals surface area (Å²) in [6, 6.07) is -0.0565. The molecule has 0 aromatic heterocycles. The van der Waals surface area contributed by atoms with Gasteiger partial charge >= 0.3 is 5.97 Å². The fraction of sp³-hybridized carbons (Fsp3) is 0.667. The molecule has 0 aromatic rings. The minimum atomic E-state index is -0.128. The summed E-state index contributed by atoms with van der Waals surface area (Å²) in [5, 5.41) is 3.31. The highest BCUT2D eigenvalue weighted by Crippen LogP contribution is 2.26. The molecule has 1 aliphatic rings. The van der Waals surface area contributed by atoms with Gasteiger partial charge in [0.2, 0.25) is 0 Å². The highest BCUT2D eigenvalue weighted by atomic mass is 16.5. The molecule has 24 heavy (non-hydrogen) atoms. The van der Waals surface area contributed by atoms with Crippen molar-refractivity contribution in [2.75, 3.05) is 6.54 Å². The summed E-state index contributed by atoms with van der Waals surface area (Å²) in [7, 11) is 0. The van der Waals surface area contributed by atoms with E-state index in [2.05, 4.69) is 39.2 Å². The van der Waals surface area contributed by atoms with Crippen LogP contribution in [0.15, 0.2) is 37.0 Å². The molecule has 0 saturated heterocycles. The van der Waals surface area contributed by atoms with Crippen LogP contribution in [-0.4, -0.2) is 24.7 Å². The predicted molar refractivity (Wildman–Crippen MR) is 104 cm³/mol. The van der Waals surface area contributed by atoms with Crippen LogP contribution in [0.1, 0.15) is 66.2 Å². The van der Waals surface area contributed by atoms with Gasteiger partial charge in [-0.15, -0.1) is 0 Å². The standard InChI is InChI=1S/C18H29NO2.C3H8/c1-5-9-15(6-2)17(19-7-3)13-18(20)21-16-11-8-10-14(4)12-16;1-3-2/h5-6,9,14,16-17,19H,1-2,7-8,10-13H2,3-4H3;3H2,1-2H3/b15-9+;. The number of ether oxygens (including phenoxy) is 1. The highest BCUT2D eigenvalue weighted by Gasteiger charge is 2.24. The molecule has 0 amide bonds. The predicted octanol–water partition coefficient (Wildman–Crippen LogP) is 5.19. The molecule has 0 bridgehead atoms. The zero-order valence-corrected chi connectivity index (χ0v) is 16.1. The summed E-state index contributed by atoms with van der Waals surface area (Å²) in [6.07, 6.45) is 11.5. The fourth-order valence-corrected chi connectivity index (χ4v) is 2.90. The summed E-state index contributed by atoms with van der Waals surface area (Å²) < 4.78 is 5.65. The van der Waals surface area contributed by atoms with Gasteiger partial charge < -0.3 is 10.1 Å². The molecule has 0 heterocycles. The highest BCUT2D eigenvalue weighted by molar-refractivity contribution is 5.71. The van der Waals surface area contributed by atoms with Crippen LogP contribution in [-0.2, 0) is 9.53 Å². The Kier molecular flexibility index (Phi) is 13.2. The number of likely N-dealkylation sites (N-methyl/N-ethyl adjacent to an activating group) is 1. The molecule has 1 aliphatic carbocycles. The molecule has 1 N–H and O–H groups in total. The van der Waals surface area contributed by atoms with E-state index in [0.29, 0.717) is 12.3 Å². The van der Waals surface area contributed by atoms with Gasteiger partial charge in [0.15, 0.2) is 0 Å². The van der Waals surface area contributed by atoms with Gasteiger partial charge in [-0.25, -0.2) is 0 Å². The molecule has 3 unspecified atom stereocenters. The maximum Gasteiger partial charge on any atom is 0.307 e. The third-order valence-electron chi connectivity index (χ3n) is 3.96. The van der Waals surface area contributed by atoms with Crippen LogP contribution in [0.4, 0.5) is 0 Å². The lowest BCUT2D eigenvalue weighted by molar-refractivity contribution is -0.151. The largest absolute Gasteiger partial charge is 0.462 e. The van der Waals surface area contributed by atoms with Crippen LogP contribution in [0, 0.1) is 5.92 Å². The number of carbonyl (C=O) groups is 1. The summed E-state index contributed by atoms with van der Waals surface area (Å²) in [5.41, 5.74) is 0.973. The number of hydrogen-bond acceptors (Lipinski definition) is 3. The van der Waals surface area contributed by atoms with Gasteiger partial charge in [0, 0.05) is 6.04 Å². The molecule has 0 aromatic carbocycles. The van der Waals surface area contributed by atoms with E-state index in [1.165, 1.54) is 12.8 Å². The van der Waals surface area contributed by atoms with E-state index in [-0.39, 0.29) is 18.1 Å². The lowest BCUT2D eigenvalue weighted by atomic mass is 9.88. The molecule has 0 spiro atoms. The Morgan fingerprint density at radius 2 is 1.96 bits per heavy atom. The summed E-state index contributed by atoms with van der Waals surface area (Å²) in [5.74, 6) is 0.530. The second kappa shape index (κ2) is 14.0. The first-order valence-electron chi connectivity index (χ1n) is 9.40. The lowest BCUT2D eigenvalue weighted by Crippen LogP contribution is -2.34. The molecule has 3 atom stereocenters. The van der Waals surface area contributed by atoms with Crippen molar-refractivity contribution in [1.82, 2.24) is 5.32 Å². The first kappa shape index (κ1) is 22.6. The Hall–Kier alpha value is -1.35. The zero-order valence-electron chi connectivity index (χ0n) is 16.1. The molecule has 1 saturated carbocycles. The Bertz CT molecular complexity index is 401. The monoisotopic (exact) mass is 335 g/mol. The maximum atomic E-state index is 12.2. The summed E-state index contributed by atoms with van der Waals surface area (Å²) in [4.78, 5) is 12.2. The van der Waals surface area contributed by atoms with Crippen LogP contribution in [0.3, 0.4) is 0 Å². The van der Waals surface area contributed by atoms with Crippen molar-refractivity contribution in [3.8, 4) is 0 Å². The third-order valence-corrected chi connectivity index (χ3v) is 3.96. The summed E-state index contributed by atoms with van der Waals surface area (Å²) in [6.45, 7) is 16.8. The van der Waals surface area contributed by atoms with Crippen molar-refractivity contribution in [3.05, 3.63) is 37.0 Å². The second-order valence-electron chi connectivity index (χ2n) is 6.51. The third kappa shape index (κ3) is 9.71. The number of rotatable bonds is 8. The minimum absolute atomic E-state index is 0.0565. The topological polar surface area (TPSA) is 38.3 Å². The summed E-state index contributed by atoms with van der Waals surface area (Å²) >= 11 is 0. The normalized spacial score (nSPS) is 21.9. The van der Waals surface area contributed by atoms with Gasteiger partial charge in [-0.05, 0) is 37.3 Å². The quantitative estimate of drug-likeness (QED) is 0.490. The van der Waals surface area contributed by atoms with Crippen molar-refractivity contribution < 1.29 is 9.53 Å². The molecular formula is C21H37NO2. The molecule has 3 nitrogen and oxygen atoms in total. The Morgan fingerprint density at radius 1 is 1.29 bits per heavy atom. The Labute approximate surface area is 149 Å². The van der Waals surface area contributed by atoms with Gasteiger partial charge in [0.05, 0.1) is 6.42 Å². The fourth-order valence-electron chi connectivity index (χ4n) is 2.90. The molecule has 0 radical (unpaired) electrons. The SMILES string of the molecule is C=C/C=C(\C=C)C(CC(=O)OC1CCCC(C)C1)NCC.CCC. The van der Waals surface area contributed by atoms with Crippen LogP contribution < -0.4 is 5.32 Å². The number of allylic oxidation sites excluding steroid dienone is 2. The van der Waals surface area contributed by atoms with Crippen molar-refractivity contribution >= 4 is 5.97 Å². The first-order valence-corrected chi connectivity index (χ1v) is 9.40. The minimum Gasteiger partial charge on any atom is -0.462 e. The molecule has 1 rings (SSSR count). The van der Waals surface area contributed by atoms with Crippen molar-refractivity contribution in [2.24, 2.45) is 5.92 Å². The average molecular weight is 336 g/mol.